The largest absolute Gasteiger partial charge is 0.406 e. The number of aromatic nitrogens is 1. The van der Waals surface area contributed by atoms with Gasteiger partial charge in [-0.2, -0.15) is 13.2 Å². The summed E-state index contributed by atoms with van der Waals surface area (Å²) >= 11 is 0. The molecule has 0 aliphatic carbocycles. The second-order valence-corrected chi connectivity index (χ2v) is 7.62. The standard InChI is InChI=1S/C20H21F3N4O3/c21-20(22,23)13-27-18(29)12-26(19(27)30)15-6-9-24(10-7-15)17(28)11-25-8-5-14-3-1-2-4-16(14)25/h1-5,8,15H,6-7,9-13H2. The number of hydrogen-bond donors (Lipinski definition) is 0. The van der Waals surface area contributed by atoms with Crippen LogP contribution in [0.2, 0.25) is 0 Å². The molecule has 4 rings (SSSR count). The molecule has 0 radical (unpaired) electrons. The van der Waals surface area contributed by atoms with Gasteiger partial charge in [-0.3, -0.25) is 14.5 Å². The van der Waals surface area contributed by atoms with Crippen LogP contribution in [0.4, 0.5) is 18.0 Å². The molecule has 2 fully saturated rings. The van der Waals surface area contributed by atoms with Gasteiger partial charge in [-0.25, -0.2) is 4.79 Å². The van der Waals surface area contributed by atoms with Crippen LogP contribution >= 0.6 is 0 Å². The van der Waals surface area contributed by atoms with Crippen LogP contribution in [0.3, 0.4) is 0 Å². The van der Waals surface area contributed by atoms with E-state index in [0.717, 1.165) is 10.9 Å². The van der Waals surface area contributed by atoms with Gasteiger partial charge in [0, 0.05) is 30.8 Å². The number of carbonyl (C=O) groups excluding carboxylic acids is 3. The molecule has 1 aromatic carbocycles. The second kappa shape index (κ2) is 7.66. The molecule has 0 unspecified atom stereocenters. The van der Waals surface area contributed by atoms with E-state index in [-0.39, 0.29) is 29.9 Å². The van der Waals surface area contributed by atoms with E-state index in [1.54, 1.807) is 4.90 Å². The molecule has 0 N–H and O–H groups in total. The Bertz CT molecular complexity index is 979. The smallest absolute Gasteiger partial charge is 0.341 e. The van der Waals surface area contributed by atoms with Crippen molar-refractivity contribution in [3.63, 3.8) is 0 Å². The van der Waals surface area contributed by atoms with Gasteiger partial charge in [0.1, 0.15) is 19.6 Å². The highest BCUT2D eigenvalue weighted by Gasteiger charge is 2.45. The van der Waals surface area contributed by atoms with Gasteiger partial charge in [0.25, 0.3) is 5.91 Å². The molecule has 2 aliphatic heterocycles. The number of rotatable bonds is 4. The maximum atomic E-state index is 12.7. The number of urea groups is 1. The number of piperidine rings is 1. The second-order valence-electron chi connectivity index (χ2n) is 7.62. The van der Waals surface area contributed by atoms with Crippen LogP contribution < -0.4 is 0 Å². The van der Waals surface area contributed by atoms with Crippen molar-refractivity contribution in [3.05, 3.63) is 36.5 Å². The molecule has 4 amide bonds. The Labute approximate surface area is 170 Å². The molecule has 10 heteroatoms. The maximum Gasteiger partial charge on any atom is 0.406 e. The van der Waals surface area contributed by atoms with Gasteiger partial charge in [-0.05, 0) is 30.4 Å². The van der Waals surface area contributed by atoms with Crippen LogP contribution in [0.25, 0.3) is 10.9 Å². The van der Waals surface area contributed by atoms with Crippen LogP contribution in [0.15, 0.2) is 36.5 Å². The Morgan fingerprint density at radius 1 is 1.07 bits per heavy atom. The lowest BCUT2D eigenvalue weighted by molar-refractivity contribution is -0.151. The normalized spacial score (nSPS) is 18.7. The first kappa shape index (κ1) is 20.2. The van der Waals surface area contributed by atoms with Crippen LogP contribution in [0, 0.1) is 0 Å². The first-order chi connectivity index (χ1) is 14.2. The van der Waals surface area contributed by atoms with Crippen molar-refractivity contribution in [2.45, 2.75) is 31.6 Å². The number of imide groups is 1. The third kappa shape index (κ3) is 3.99. The summed E-state index contributed by atoms with van der Waals surface area (Å²) in [4.78, 5) is 40.0. The Morgan fingerprint density at radius 3 is 2.47 bits per heavy atom. The van der Waals surface area contributed by atoms with Crippen LogP contribution in [0.1, 0.15) is 12.8 Å². The molecule has 3 heterocycles. The molecule has 2 aliphatic rings. The predicted molar refractivity (Wildman–Crippen MR) is 101 cm³/mol. The molecule has 0 spiro atoms. The highest BCUT2D eigenvalue weighted by atomic mass is 19.4. The van der Waals surface area contributed by atoms with Crippen LogP contribution in [-0.4, -0.2) is 75.5 Å². The number of benzene rings is 1. The van der Waals surface area contributed by atoms with E-state index in [2.05, 4.69) is 0 Å². The average Bonchev–Trinajstić information content (AvgIpc) is 3.23. The number of nitrogens with zero attached hydrogens (tertiary/aromatic N) is 4. The summed E-state index contributed by atoms with van der Waals surface area (Å²) in [6, 6.07) is 8.44. The van der Waals surface area contributed by atoms with Gasteiger partial charge >= 0.3 is 12.2 Å². The van der Waals surface area contributed by atoms with E-state index in [0.29, 0.717) is 25.9 Å². The Morgan fingerprint density at radius 2 is 1.77 bits per heavy atom. The fraction of sp³-hybridized carbons (Fsp3) is 0.450. The molecule has 160 valence electrons. The predicted octanol–water partition coefficient (Wildman–Crippen LogP) is 2.46. The monoisotopic (exact) mass is 422 g/mol. The highest BCUT2D eigenvalue weighted by Crippen LogP contribution is 2.26. The van der Waals surface area contributed by atoms with E-state index >= 15 is 0 Å². The molecule has 2 aromatic rings. The lowest BCUT2D eigenvalue weighted by Crippen LogP contribution is -2.49. The SMILES string of the molecule is O=C(Cn1ccc2ccccc21)N1CCC(N2CC(=O)N(CC(F)(F)F)C2=O)CC1. The van der Waals surface area contributed by atoms with Gasteiger partial charge in [-0.1, -0.05) is 18.2 Å². The van der Waals surface area contributed by atoms with Gasteiger partial charge in [0.2, 0.25) is 5.91 Å². The molecule has 1 aromatic heterocycles. The van der Waals surface area contributed by atoms with Gasteiger partial charge in [-0.15, -0.1) is 0 Å². The zero-order valence-corrected chi connectivity index (χ0v) is 16.1. The minimum atomic E-state index is -4.63. The molecule has 2 saturated heterocycles. The third-order valence-electron chi connectivity index (χ3n) is 5.66. The first-order valence-electron chi connectivity index (χ1n) is 9.72. The Hall–Kier alpha value is -3.04. The molecular weight excluding hydrogens is 401 g/mol. The number of amides is 4. The number of hydrogen-bond acceptors (Lipinski definition) is 3. The summed E-state index contributed by atoms with van der Waals surface area (Å²) in [5, 5.41) is 1.05. The van der Waals surface area contributed by atoms with Gasteiger partial charge < -0.3 is 14.4 Å². The summed E-state index contributed by atoms with van der Waals surface area (Å²) in [6.45, 7) is -0.940. The molecule has 0 bridgehead atoms. The molecule has 0 atom stereocenters. The fourth-order valence-corrected chi connectivity index (χ4v) is 4.13. The number of likely N-dealkylation sites (tertiary alicyclic amines) is 1. The number of fused-ring (bicyclic) bond motifs is 1. The van der Waals surface area contributed by atoms with E-state index in [4.69, 9.17) is 0 Å². The van der Waals surface area contributed by atoms with E-state index in [1.807, 2.05) is 41.1 Å². The molecule has 30 heavy (non-hydrogen) atoms. The number of carbonyl (C=O) groups is 3. The first-order valence-corrected chi connectivity index (χ1v) is 9.72. The quantitative estimate of drug-likeness (QED) is 0.711. The number of halogens is 3. The van der Waals surface area contributed by atoms with Gasteiger partial charge in [0.05, 0.1) is 0 Å². The van der Waals surface area contributed by atoms with Crippen molar-refractivity contribution < 1.29 is 27.6 Å². The molecular formula is C20H21F3N4O3. The highest BCUT2D eigenvalue weighted by molar-refractivity contribution is 6.02. The van der Waals surface area contributed by atoms with Crippen molar-refractivity contribution in [1.29, 1.82) is 0 Å². The minimum Gasteiger partial charge on any atom is -0.341 e. The summed E-state index contributed by atoms with van der Waals surface area (Å²) < 4.78 is 39.7. The lowest BCUT2D eigenvalue weighted by atomic mass is 10.0. The summed E-state index contributed by atoms with van der Waals surface area (Å²) in [5.74, 6) is -0.896. The lowest BCUT2D eigenvalue weighted by Gasteiger charge is -2.36. The van der Waals surface area contributed by atoms with Crippen molar-refractivity contribution >= 4 is 28.7 Å². The zero-order chi connectivity index (χ0) is 21.5. The third-order valence-corrected chi connectivity index (χ3v) is 5.66. The van der Waals surface area contributed by atoms with Gasteiger partial charge in [0.15, 0.2) is 0 Å². The zero-order valence-electron chi connectivity index (χ0n) is 16.1. The van der Waals surface area contributed by atoms with Crippen molar-refractivity contribution in [3.8, 4) is 0 Å². The van der Waals surface area contributed by atoms with Crippen LogP contribution in [-0.2, 0) is 16.1 Å². The molecule has 0 saturated carbocycles. The van der Waals surface area contributed by atoms with Crippen molar-refractivity contribution in [2.75, 3.05) is 26.2 Å². The molecule has 7 nitrogen and oxygen atoms in total. The van der Waals surface area contributed by atoms with Crippen molar-refractivity contribution in [1.82, 2.24) is 19.3 Å². The number of alkyl halides is 3. The van der Waals surface area contributed by atoms with E-state index in [1.165, 1.54) is 4.90 Å². The summed E-state index contributed by atoms with van der Waals surface area (Å²) in [5.41, 5.74) is 0.965. The minimum absolute atomic E-state index is 0.0580. The van der Waals surface area contributed by atoms with E-state index < -0.39 is 24.7 Å². The fourth-order valence-electron chi connectivity index (χ4n) is 4.13. The Balaban J connectivity index is 1.34. The average molecular weight is 422 g/mol. The Kier molecular flexibility index (Phi) is 5.17. The topological polar surface area (TPSA) is 65.9 Å². The van der Waals surface area contributed by atoms with E-state index in [9.17, 15) is 27.6 Å². The summed E-state index contributed by atoms with van der Waals surface area (Å²) in [7, 11) is 0. The maximum absolute atomic E-state index is 12.7. The van der Waals surface area contributed by atoms with Crippen molar-refractivity contribution in [2.24, 2.45) is 0 Å². The summed E-state index contributed by atoms with van der Waals surface area (Å²) in [6.07, 6.45) is -1.91. The number of para-hydroxylation sites is 1. The van der Waals surface area contributed by atoms with Crippen LogP contribution in [0.5, 0.6) is 0 Å².